The number of nitrogens with zero attached hydrogens (tertiary/aromatic N) is 2. The van der Waals surface area contributed by atoms with Crippen molar-refractivity contribution in [1.29, 1.82) is 0 Å². The van der Waals surface area contributed by atoms with Gasteiger partial charge in [-0.1, -0.05) is 41.0 Å². The molecule has 1 atom stereocenters. The average molecular weight is 320 g/mol. The third kappa shape index (κ3) is 5.51. The lowest BCUT2D eigenvalue weighted by Gasteiger charge is -2.38. The molecule has 6 heteroatoms. The zero-order valence-electron chi connectivity index (χ0n) is 14.3. The Morgan fingerprint density at radius 2 is 1.90 bits per heavy atom. The number of nitrogens with one attached hydrogen (secondary N) is 1. The molecule has 0 aliphatic carbocycles. The minimum Gasteiger partial charge on any atom is -0.313 e. The molecule has 1 fully saturated rings. The van der Waals surface area contributed by atoms with Gasteiger partial charge in [-0.05, 0) is 18.8 Å². The number of piperidine rings is 1. The van der Waals surface area contributed by atoms with Crippen molar-refractivity contribution < 1.29 is 8.42 Å². The van der Waals surface area contributed by atoms with Crippen LogP contribution >= 0.6 is 0 Å². The summed E-state index contributed by atoms with van der Waals surface area (Å²) in [6.45, 7) is 12.8. The third-order valence-corrected chi connectivity index (χ3v) is 6.01. The van der Waals surface area contributed by atoms with Crippen LogP contribution in [-0.4, -0.2) is 55.3 Å². The minimum absolute atomic E-state index is 0.0902. The van der Waals surface area contributed by atoms with Crippen molar-refractivity contribution in [3.63, 3.8) is 0 Å². The summed E-state index contributed by atoms with van der Waals surface area (Å²) >= 11 is 0. The molecular weight excluding hydrogens is 286 g/mol. The molecule has 1 aliphatic heterocycles. The first-order valence-electron chi connectivity index (χ1n) is 8.29. The van der Waals surface area contributed by atoms with Gasteiger partial charge in [-0.15, -0.1) is 0 Å². The molecule has 0 aromatic heterocycles. The normalized spacial score (nSPS) is 21.6. The molecule has 0 spiro atoms. The molecule has 21 heavy (non-hydrogen) atoms. The lowest BCUT2D eigenvalue weighted by molar-refractivity contribution is 0.220. The molecule has 0 radical (unpaired) electrons. The van der Waals surface area contributed by atoms with Gasteiger partial charge in [0.25, 0.3) is 10.2 Å². The first kappa shape index (κ1) is 18.9. The fourth-order valence-corrected chi connectivity index (χ4v) is 4.82. The number of hydrogen-bond donors (Lipinski definition) is 1. The van der Waals surface area contributed by atoms with E-state index in [-0.39, 0.29) is 6.04 Å². The molecule has 1 saturated heterocycles. The maximum atomic E-state index is 12.9. The molecule has 5 nitrogen and oxygen atoms in total. The zero-order valence-corrected chi connectivity index (χ0v) is 15.1. The maximum Gasteiger partial charge on any atom is 0.282 e. The van der Waals surface area contributed by atoms with Crippen LogP contribution in [0, 0.1) is 5.92 Å². The van der Waals surface area contributed by atoms with Crippen LogP contribution in [0.5, 0.6) is 0 Å². The van der Waals surface area contributed by atoms with Crippen molar-refractivity contribution in [2.75, 3.05) is 26.2 Å². The van der Waals surface area contributed by atoms with Crippen molar-refractivity contribution in [3.05, 3.63) is 0 Å². The van der Waals surface area contributed by atoms with Gasteiger partial charge in [-0.2, -0.15) is 17.0 Å². The van der Waals surface area contributed by atoms with Crippen LogP contribution < -0.4 is 5.32 Å². The summed E-state index contributed by atoms with van der Waals surface area (Å²) in [5, 5.41) is 3.39. The number of hydrogen-bond acceptors (Lipinski definition) is 3. The fraction of sp³-hybridized carbons (Fsp3) is 1.00. The van der Waals surface area contributed by atoms with Crippen molar-refractivity contribution >= 4 is 10.2 Å². The van der Waals surface area contributed by atoms with Crippen molar-refractivity contribution in [2.45, 2.75) is 66.0 Å². The molecule has 1 heterocycles. The van der Waals surface area contributed by atoms with Crippen LogP contribution in [0.25, 0.3) is 0 Å². The molecule has 0 amide bonds. The van der Waals surface area contributed by atoms with E-state index in [9.17, 15) is 8.42 Å². The van der Waals surface area contributed by atoms with Crippen LogP contribution in [0.2, 0.25) is 0 Å². The molecule has 0 aromatic rings. The highest BCUT2D eigenvalue weighted by molar-refractivity contribution is 7.86. The summed E-state index contributed by atoms with van der Waals surface area (Å²) in [6.07, 6.45) is 3.04. The zero-order chi connectivity index (χ0) is 16.0. The Balaban J connectivity index is 2.85. The summed E-state index contributed by atoms with van der Waals surface area (Å²) in [7, 11) is -3.34. The van der Waals surface area contributed by atoms with E-state index in [1.165, 1.54) is 0 Å². The lowest BCUT2D eigenvalue weighted by atomic mass is 10.0. The highest BCUT2D eigenvalue weighted by Gasteiger charge is 2.35. The summed E-state index contributed by atoms with van der Waals surface area (Å²) < 4.78 is 29.2. The second-order valence-electron chi connectivity index (χ2n) is 6.68. The van der Waals surface area contributed by atoms with E-state index < -0.39 is 10.2 Å². The SMILES string of the molecule is CCN(CC(C)C)S(=O)(=O)N1CCCCC1CNC(C)C. The summed E-state index contributed by atoms with van der Waals surface area (Å²) in [5.41, 5.74) is 0. The Morgan fingerprint density at radius 3 is 2.43 bits per heavy atom. The molecule has 126 valence electrons. The van der Waals surface area contributed by atoms with E-state index >= 15 is 0 Å². The van der Waals surface area contributed by atoms with Gasteiger partial charge in [0.1, 0.15) is 0 Å². The molecule has 0 aromatic carbocycles. The Kier molecular flexibility index (Phi) is 7.60. The Bertz CT molecular complexity index is 396. The van der Waals surface area contributed by atoms with Gasteiger partial charge in [0.2, 0.25) is 0 Å². The van der Waals surface area contributed by atoms with Crippen LogP contribution in [0.15, 0.2) is 0 Å². The third-order valence-electron chi connectivity index (χ3n) is 3.88. The van der Waals surface area contributed by atoms with Crippen LogP contribution in [0.3, 0.4) is 0 Å². The lowest BCUT2D eigenvalue weighted by Crippen LogP contribution is -2.54. The smallest absolute Gasteiger partial charge is 0.282 e. The predicted molar refractivity (Wildman–Crippen MR) is 88.5 cm³/mol. The van der Waals surface area contributed by atoms with Crippen molar-refractivity contribution in [2.24, 2.45) is 5.92 Å². The number of rotatable bonds is 8. The fourth-order valence-electron chi connectivity index (χ4n) is 2.80. The van der Waals surface area contributed by atoms with E-state index in [4.69, 9.17) is 0 Å². The average Bonchev–Trinajstić information content (AvgIpc) is 2.42. The highest BCUT2D eigenvalue weighted by Crippen LogP contribution is 2.23. The van der Waals surface area contributed by atoms with E-state index in [0.29, 0.717) is 31.6 Å². The van der Waals surface area contributed by atoms with E-state index in [0.717, 1.165) is 25.8 Å². The molecule has 1 unspecified atom stereocenters. The Labute approximate surface area is 131 Å². The van der Waals surface area contributed by atoms with E-state index in [1.807, 2.05) is 6.92 Å². The molecule has 1 aliphatic rings. The van der Waals surface area contributed by atoms with Gasteiger partial charge in [-0.25, -0.2) is 0 Å². The predicted octanol–water partition coefficient (Wildman–Crippen LogP) is 2.06. The van der Waals surface area contributed by atoms with Gasteiger partial charge in [0, 0.05) is 38.3 Å². The first-order valence-corrected chi connectivity index (χ1v) is 9.69. The monoisotopic (exact) mass is 319 g/mol. The largest absolute Gasteiger partial charge is 0.313 e. The maximum absolute atomic E-state index is 12.9. The molecule has 1 N–H and O–H groups in total. The van der Waals surface area contributed by atoms with Gasteiger partial charge >= 0.3 is 0 Å². The van der Waals surface area contributed by atoms with E-state index in [2.05, 4.69) is 33.0 Å². The first-order chi connectivity index (χ1) is 9.78. The summed E-state index contributed by atoms with van der Waals surface area (Å²) in [6, 6.07) is 0.474. The summed E-state index contributed by atoms with van der Waals surface area (Å²) in [4.78, 5) is 0. The van der Waals surface area contributed by atoms with Crippen molar-refractivity contribution in [1.82, 2.24) is 13.9 Å². The topological polar surface area (TPSA) is 52.7 Å². The minimum atomic E-state index is -3.34. The van der Waals surface area contributed by atoms with Crippen LogP contribution in [0.4, 0.5) is 0 Å². The molecule has 0 saturated carbocycles. The second kappa shape index (κ2) is 8.46. The van der Waals surface area contributed by atoms with E-state index in [1.54, 1.807) is 8.61 Å². The molecular formula is C15H33N3O2S. The van der Waals surface area contributed by atoms with Gasteiger partial charge in [0.15, 0.2) is 0 Å². The molecule has 0 bridgehead atoms. The summed E-state index contributed by atoms with van der Waals surface area (Å²) in [5.74, 6) is 0.344. The van der Waals surface area contributed by atoms with Gasteiger partial charge in [0.05, 0.1) is 0 Å². The van der Waals surface area contributed by atoms with Crippen molar-refractivity contribution in [3.8, 4) is 0 Å². The van der Waals surface area contributed by atoms with Gasteiger partial charge < -0.3 is 5.32 Å². The molecule has 1 rings (SSSR count). The van der Waals surface area contributed by atoms with Crippen LogP contribution in [-0.2, 0) is 10.2 Å². The standard InChI is InChI=1S/C15H33N3O2S/c1-6-17(12-13(2)3)21(19,20)18-10-8-7-9-15(18)11-16-14(4)5/h13-16H,6-12H2,1-5H3. The van der Waals surface area contributed by atoms with Crippen LogP contribution in [0.1, 0.15) is 53.9 Å². The Morgan fingerprint density at radius 1 is 1.24 bits per heavy atom. The Hall–Kier alpha value is -0.170. The van der Waals surface area contributed by atoms with Gasteiger partial charge in [-0.3, -0.25) is 0 Å². The second-order valence-corrected chi connectivity index (χ2v) is 8.56. The highest BCUT2D eigenvalue weighted by atomic mass is 32.2. The quantitative estimate of drug-likeness (QED) is 0.745.